The number of aromatic hydroxyl groups is 1. The van der Waals surface area contributed by atoms with E-state index in [-0.39, 0.29) is 11.3 Å². The maximum Gasteiger partial charge on any atom is 0.252 e. The standard InChI is InChI=1S/C24H26N2O5/c25-24(29)21-11-10-20(14-22(21)27)30-13-12-26-15-23(28)18-6-8-19(9-7-18)31-16-17-4-2-1-3-5-17/h1-11,14,23,26-28H,12-13,15-16H2,(H2,25,29). The quantitative estimate of drug-likeness (QED) is 0.353. The monoisotopic (exact) mass is 422 g/mol. The summed E-state index contributed by atoms with van der Waals surface area (Å²) in [5.41, 5.74) is 7.07. The van der Waals surface area contributed by atoms with Crippen LogP contribution in [-0.4, -0.2) is 35.8 Å². The summed E-state index contributed by atoms with van der Waals surface area (Å²) < 4.78 is 11.3. The number of ether oxygens (including phenoxy) is 2. The van der Waals surface area contributed by atoms with Crippen LogP contribution >= 0.6 is 0 Å². The van der Waals surface area contributed by atoms with Crippen LogP contribution in [-0.2, 0) is 6.61 Å². The van der Waals surface area contributed by atoms with Gasteiger partial charge in [0.1, 0.15) is 30.5 Å². The molecule has 0 bridgehead atoms. The summed E-state index contributed by atoms with van der Waals surface area (Å²) in [6.45, 7) is 1.68. The second kappa shape index (κ2) is 11.0. The molecule has 7 heteroatoms. The number of phenols is 1. The average Bonchev–Trinajstić information content (AvgIpc) is 2.78. The molecule has 0 saturated carbocycles. The predicted molar refractivity (Wildman–Crippen MR) is 117 cm³/mol. The molecule has 31 heavy (non-hydrogen) atoms. The summed E-state index contributed by atoms with van der Waals surface area (Å²) in [5, 5.41) is 23.2. The molecule has 1 atom stereocenters. The van der Waals surface area contributed by atoms with Gasteiger partial charge in [-0.1, -0.05) is 42.5 Å². The van der Waals surface area contributed by atoms with Gasteiger partial charge >= 0.3 is 0 Å². The summed E-state index contributed by atoms with van der Waals surface area (Å²) in [7, 11) is 0. The fourth-order valence-electron chi connectivity index (χ4n) is 2.93. The Morgan fingerprint density at radius 2 is 1.68 bits per heavy atom. The SMILES string of the molecule is NC(=O)c1ccc(OCCNCC(O)c2ccc(OCc3ccccc3)cc2)cc1O. The lowest BCUT2D eigenvalue weighted by Crippen LogP contribution is -2.26. The zero-order valence-electron chi connectivity index (χ0n) is 17.0. The van der Waals surface area contributed by atoms with Crippen LogP contribution in [0.4, 0.5) is 0 Å². The highest BCUT2D eigenvalue weighted by Gasteiger charge is 2.09. The van der Waals surface area contributed by atoms with Crippen LogP contribution in [0.3, 0.4) is 0 Å². The lowest BCUT2D eigenvalue weighted by atomic mass is 10.1. The molecular formula is C24H26N2O5. The van der Waals surface area contributed by atoms with Crippen molar-refractivity contribution in [2.45, 2.75) is 12.7 Å². The predicted octanol–water partition coefficient (Wildman–Crippen LogP) is 2.77. The van der Waals surface area contributed by atoms with Crippen LogP contribution in [0.5, 0.6) is 17.2 Å². The van der Waals surface area contributed by atoms with Gasteiger partial charge in [-0.05, 0) is 35.4 Å². The van der Waals surface area contributed by atoms with E-state index in [0.29, 0.717) is 32.1 Å². The van der Waals surface area contributed by atoms with Gasteiger partial charge in [-0.25, -0.2) is 0 Å². The summed E-state index contributed by atoms with van der Waals surface area (Å²) in [5.74, 6) is 0.253. The fourth-order valence-corrected chi connectivity index (χ4v) is 2.93. The van der Waals surface area contributed by atoms with Gasteiger partial charge in [-0.2, -0.15) is 0 Å². The molecule has 0 fully saturated rings. The summed E-state index contributed by atoms with van der Waals surface area (Å²) in [6.07, 6.45) is -0.665. The molecule has 3 rings (SSSR count). The van der Waals surface area contributed by atoms with Gasteiger partial charge in [0.2, 0.25) is 0 Å². The first-order valence-electron chi connectivity index (χ1n) is 9.94. The molecule has 3 aromatic rings. The number of aliphatic hydroxyl groups is 1. The van der Waals surface area contributed by atoms with Gasteiger partial charge in [-0.3, -0.25) is 4.79 Å². The largest absolute Gasteiger partial charge is 0.507 e. The van der Waals surface area contributed by atoms with Crippen molar-refractivity contribution in [2.75, 3.05) is 19.7 Å². The van der Waals surface area contributed by atoms with Crippen LogP contribution < -0.4 is 20.5 Å². The van der Waals surface area contributed by atoms with Crippen molar-refractivity contribution in [3.8, 4) is 17.2 Å². The third-order valence-corrected chi connectivity index (χ3v) is 4.63. The number of benzene rings is 3. The Morgan fingerprint density at radius 3 is 2.35 bits per heavy atom. The highest BCUT2D eigenvalue weighted by atomic mass is 16.5. The third-order valence-electron chi connectivity index (χ3n) is 4.63. The molecule has 0 aliphatic carbocycles. The molecule has 0 aromatic heterocycles. The molecule has 1 unspecified atom stereocenters. The summed E-state index contributed by atoms with van der Waals surface area (Å²) in [4.78, 5) is 11.1. The maximum atomic E-state index is 11.1. The van der Waals surface area contributed by atoms with Gasteiger partial charge in [0.25, 0.3) is 5.91 Å². The van der Waals surface area contributed by atoms with Crippen LogP contribution in [0.25, 0.3) is 0 Å². The van der Waals surface area contributed by atoms with Gasteiger partial charge in [0.05, 0.1) is 11.7 Å². The molecule has 162 valence electrons. The molecule has 5 N–H and O–H groups in total. The third kappa shape index (κ3) is 6.74. The zero-order valence-corrected chi connectivity index (χ0v) is 17.0. The van der Waals surface area contributed by atoms with Crippen molar-refractivity contribution in [1.29, 1.82) is 0 Å². The lowest BCUT2D eigenvalue weighted by molar-refractivity contribution is 0.0997. The van der Waals surface area contributed by atoms with E-state index in [2.05, 4.69) is 5.32 Å². The minimum atomic E-state index is -0.699. The first-order chi connectivity index (χ1) is 15.0. The number of nitrogens with one attached hydrogen (secondary N) is 1. The van der Waals surface area contributed by atoms with E-state index in [1.165, 1.54) is 12.1 Å². The van der Waals surface area contributed by atoms with Crippen LogP contribution in [0, 0.1) is 0 Å². The number of primary amides is 1. The van der Waals surface area contributed by atoms with Crippen LogP contribution in [0.15, 0.2) is 72.8 Å². The van der Waals surface area contributed by atoms with Crippen molar-refractivity contribution >= 4 is 5.91 Å². The van der Waals surface area contributed by atoms with E-state index in [0.717, 1.165) is 16.9 Å². The number of rotatable bonds is 11. The molecule has 1 amide bonds. The Kier molecular flexibility index (Phi) is 7.86. The Morgan fingerprint density at radius 1 is 0.968 bits per heavy atom. The van der Waals surface area contributed by atoms with Crippen LogP contribution in [0.1, 0.15) is 27.6 Å². The normalized spacial score (nSPS) is 11.6. The minimum Gasteiger partial charge on any atom is -0.507 e. The van der Waals surface area contributed by atoms with Crippen molar-refractivity contribution in [1.82, 2.24) is 5.32 Å². The zero-order chi connectivity index (χ0) is 22.1. The fraction of sp³-hybridized carbons (Fsp3) is 0.208. The van der Waals surface area contributed by atoms with Crippen molar-refractivity contribution in [3.63, 3.8) is 0 Å². The van der Waals surface area contributed by atoms with Gasteiger partial charge in [-0.15, -0.1) is 0 Å². The molecule has 0 spiro atoms. The van der Waals surface area contributed by atoms with E-state index in [1.54, 1.807) is 6.07 Å². The van der Waals surface area contributed by atoms with Gasteiger partial charge in [0.15, 0.2) is 0 Å². The van der Waals surface area contributed by atoms with E-state index in [9.17, 15) is 15.0 Å². The minimum absolute atomic E-state index is 0.0464. The number of aliphatic hydroxyl groups excluding tert-OH is 1. The lowest BCUT2D eigenvalue weighted by Gasteiger charge is -2.14. The Bertz CT molecular complexity index is 977. The smallest absolute Gasteiger partial charge is 0.252 e. The number of hydrogen-bond acceptors (Lipinski definition) is 6. The maximum absolute atomic E-state index is 11.1. The summed E-state index contributed by atoms with van der Waals surface area (Å²) in [6, 6.07) is 21.6. The molecular weight excluding hydrogens is 396 g/mol. The number of hydrogen-bond donors (Lipinski definition) is 4. The average molecular weight is 422 g/mol. The van der Waals surface area contributed by atoms with Gasteiger partial charge < -0.3 is 30.7 Å². The van der Waals surface area contributed by atoms with E-state index in [1.807, 2.05) is 54.6 Å². The first-order valence-corrected chi connectivity index (χ1v) is 9.94. The summed E-state index contributed by atoms with van der Waals surface area (Å²) >= 11 is 0. The molecule has 0 aliphatic rings. The van der Waals surface area contributed by atoms with Crippen molar-refractivity contribution in [2.24, 2.45) is 5.73 Å². The molecule has 0 saturated heterocycles. The van der Waals surface area contributed by atoms with Crippen molar-refractivity contribution < 1.29 is 24.5 Å². The van der Waals surface area contributed by atoms with E-state index < -0.39 is 12.0 Å². The van der Waals surface area contributed by atoms with E-state index in [4.69, 9.17) is 15.2 Å². The highest BCUT2D eigenvalue weighted by molar-refractivity contribution is 5.95. The molecule has 7 nitrogen and oxygen atoms in total. The molecule has 0 radical (unpaired) electrons. The first kappa shape index (κ1) is 22.1. The number of amides is 1. The molecule has 0 aliphatic heterocycles. The number of carbonyl (C=O) groups is 1. The van der Waals surface area contributed by atoms with Crippen LogP contribution in [0.2, 0.25) is 0 Å². The molecule has 3 aromatic carbocycles. The second-order valence-electron chi connectivity index (χ2n) is 6.95. The Hall–Kier alpha value is -3.55. The Balaban J connectivity index is 1.37. The van der Waals surface area contributed by atoms with E-state index >= 15 is 0 Å². The Labute approximate surface area is 181 Å². The molecule has 0 heterocycles. The number of nitrogens with two attached hydrogens (primary N) is 1. The van der Waals surface area contributed by atoms with Crippen molar-refractivity contribution in [3.05, 3.63) is 89.5 Å². The number of carbonyl (C=O) groups excluding carboxylic acids is 1. The highest BCUT2D eigenvalue weighted by Crippen LogP contribution is 2.23. The topological polar surface area (TPSA) is 114 Å². The van der Waals surface area contributed by atoms with Gasteiger partial charge in [0, 0.05) is 19.2 Å². The second-order valence-corrected chi connectivity index (χ2v) is 6.95.